The van der Waals surface area contributed by atoms with Crippen LogP contribution in [0.3, 0.4) is 0 Å². The lowest BCUT2D eigenvalue weighted by Crippen LogP contribution is -2.01. The summed E-state index contributed by atoms with van der Waals surface area (Å²) in [5.41, 5.74) is 12.1. The van der Waals surface area contributed by atoms with Crippen molar-refractivity contribution in [2.75, 3.05) is 11.1 Å². The second-order valence-corrected chi connectivity index (χ2v) is 13.1. The van der Waals surface area contributed by atoms with Crippen LogP contribution in [-0.4, -0.2) is 39.5 Å². The number of hydrogen-bond acceptors (Lipinski definition) is 10. The molecule has 1 atom stereocenters. The number of ether oxygens (including phenoxy) is 1. The molecule has 5 heterocycles. The van der Waals surface area contributed by atoms with E-state index in [1.807, 2.05) is 75.0 Å². The average Bonchev–Trinajstić information content (AvgIpc) is 3.82. The number of nitrogens with two attached hydrogens (primary N) is 1. The highest BCUT2D eigenvalue weighted by Gasteiger charge is 2.21. The second-order valence-electron chi connectivity index (χ2n) is 11.4. The Balaban J connectivity index is 1.13. The molecule has 3 N–H and O–H groups in total. The molecular weight excluding hydrogens is 679 g/mol. The number of rotatable bonds is 10. The number of nitrogens with one attached hydrogen (secondary N) is 1. The molecule has 2 aromatic carbocycles. The van der Waals surface area contributed by atoms with Crippen molar-refractivity contribution in [2.45, 2.75) is 19.3 Å². The van der Waals surface area contributed by atoms with E-state index in [2.05, 4.69) is 49.8 Å². The Morgan fingerprint density at radius 2 is 1.57 bits per heavy atom. The first-order chi connectivity index (χ1) is 23.7. The van der Waals surface area contributed by atoms with Gasteiger partial charge in [0, 0.05) is 78.7 Å². The highest BCUT2D eigenvalue weighted by Crippen LogP contribution is 2.35. The monoisotopic (exact) mass is 708 g/mol. The molecule has 0 aliphatic rings. The molecule has 7 rings (SSSR count). The van der Waals surface area contributed by atoms with Crippen molar-refractivity contribution < 1.29 is 4.74 Å². The van der Waals surface area contributed by atoms with E-state index >= 15 is 0 Å². The lowest BCUT2D eigenvalue weighted by atomic mass is 9.99. The first-order valence-corrected chi connectivity index (χ1v) is 16.9. The number of hydrogen-bond donors (Lipinski definition) is 2. The Morgan fingerprint density at radius 1 is 0.816 bits per heavy atom. The minimum Gasteiger partial charge on any atom is -0.457 e. The highest BCUT2D eigenvalue weighted by atomic mass is 35.5. The highest BCUT2D eigenvalue weighted by molar-refractivity contribution is 7.10. The van der Waals surface area contributed by atoms with Crippen molar-refractivity contribution in [3.05, 3.63) is 122 Å². The molecule has 0 saturated carbocycles. The summed E-state index contributed by atoms with van der Waals surface area (Å²) in [6.07, 6.45) is 4.50. The molecule has 0 aliphatic heterocycles. The topological polar surface area (TPSA) is 134 Å². The maximum absolute atomic E-state index is 6.52. The summed E-state index contributed by atoms with van der Waals surface area (Å²) in [5, 5.41) is 15.3. The third-order valence-electron chi connectivity index (χ3n) is 7.76. The van der Waals surface area contributed by atoms with Gasteiger partial charge in [-0.15, -0.1) is 11.3 Å². The maximum atomic E-state index is 6.52. The third kappa shape index (κ3) is 7.26. The van der Waals surface area contributed by atoms with Crippen molar-refractivity contribution in [1.29, 1.82) is 0 Å². The molecule has 1 unspecified atom stereocenters. The minimum absolute atomic E-state index is 0.0842. The number of thiophene rings is 1. The number of nitrogen functional groups attached to an aromatic ring is 1. The summed E-state index contributed by atoms with van der Waals surface area (Å²) in [6.45, 7) is 2.16. The number of anilines is 3. The van der Waals surface area contributed by atoms with Crippen molar-refractivity contribution in [1.82, 2.24) is 39.5 Å². The Labute approximate surface area is 296 Å². The van der Waals surface area contributed by atoms with E-state index in [9.17, 15) is 0 Å². The van der Waals surface area contributed by atoms with Gasteiger partial charge in [-0.3, -0.25) is 9.36 Å². The SMILES string of the molecule is CC(c1cccs1)c1cn(C)nc1-c1cc(Cl)nc(Nc2cccc(Oc3ccccc3Cc3cn(C)nc3-c3cc(Cl)nc(N)n3)c2)n1. The van der Waals surface area contributed by atoms with Crippen LogP contribution in [0.1, 0.15) is 34.4 Å². The molecule has 0 amide bonds. The van der Waals surface area contributed by atoms with Crippen molar-refractivity contribution in [2.24, 2.45) is 14.1 Å². The lowest BCUT2D eigenvalue weighted by Gasteiger charge is -2.13. The summed E-state index contributed by atoms with van der Waals surface area (Å²) in [7, 11) is 3.76. The Kier molecular flexibility index (Phi) is 9.00. The van der Waals surface area contributed by atoms with Gasteiger partial charge in [-0.05, 0) is 35.2 Å². The standard InChI is InChI=1S/C35H30Cl2N10OS/c1-20(29-12-7-13-49-29)25-19-47(3)45-33(25)27-17-31(37)43-35(41-27)39-23-9-6-10-24(15-23)48-28-11-5-4-8-21(28)14-22-18-46(2)44-32(22)26-16-30(36)42-34(38)40-26/h4-13,15-20H,14H2,1-3H3,(H2,38,40,42)(H,39,41,43). The zero-order valence-electron chi connectivity index (χ0n) is 26.7. The van der Waals surface area contributed by atoms with Crippen LogP contribution in [0.25, 0.3) is 22.8 Å². The van der Waals surface area contributed by atoms with Crippen molar-refractivity contribution in [3.8, 4) is 34.3 Å². The largest absolute Gasteiger partial charge is 0.457 e. The zero-order chi connectivity index (χ0) is 34.1. The summed E-state index contributed by atoms with van der Waals surface area (Å²) in [6, 6.07) is 23.0. The van der Waals surface area contributed by atoms with E-state index < -0.39 is 0 Å². The maximum Gasteiger partial charge on any atom is 0.229 e. The van der Waals surface area contributed by atoms with E-state index in [1.165, 1.54) is 4.88 Å². The lowest BCUT2D eigenvalue weighted by molar-refractivity contribution is 0.477. The predicted molar refractivity (Wildman–Crippen MR) is 194 cm³/mol. The smallest absolute Gasteiger partial charge is 0.229 e. The molecule has 11 nitrogen and oxygen atoms in total. The number of aryl methyl sites for hydroxylation is 2. The van der Waals surface area contributed by atoms with Crippen molar-refractivity contribution >= 4 is 52.1 Å². The Hall–Kier alpha value is -5.30. The van der Waals surface area contributed by atoms with E-state index in [1.54, 1.807) is 32.8 Å². The fourth-order valence-corrected chi connectivity index (χ4v) is 6.77. The van der Waals surface area contributed by atoms with Gasteiger partial charge in [0.25, 0.3) is 0 Å². The van der Waals surface area contributed by atoms with Crippen LogP contribution < -0.4 is 15.8 Å². The van der Waals surface area contributed by atoms with E-state index in [-0.39, 0.29) is 17.0 Å². The summed E-state index contributed by atoms with van der Waals surface area (Å²) >= 11 is 14.4. The molecule has 14 heteroatoms. The summed E-state index contributed by atoms with van der Waals surface area (Å²) in [4.78, 5) is 18.8. The predicted octanol–water partition coefficient (Wildman–Crippen LogP) is 8.30. The molecule has 7 aromatic rings. The molecular formula is C35H30Cl2N10OS. The van der Waals surface area contributed by atoms with E-state index in [0.717, 1.165) is 28.1 Å². The first-order valence-electron chi connectivity index (χ1n) is 15.3. The van der Waals surface area contributed by atoms with E-state index in [4.69, 9.17) is 43.8 Å². The minimum atomic E-state index is 0.0842. The number of para-hydroxylation sites is 1. The van der Waals surface area contributed by atoms with Crippen LogP contribution in [0.15, 0.2) is 90.6 Å². The average molecular weight is 710 g/mol. The fourth-order valence-electron chi connectivity index (χ4n) is 5.60. The van der Waals surface area contributed by atoms with Gasteiger partial charge in [0.05, 0.1) is 11.4 Å². The first kappa shape index (κ1) is 32.3. The van der Waals surface area contributed by atoms with Crippen LogP contribution in [0.2, 0.25) is 10.3 Å². The van der Waals surface area contributed by atoms with Crippen LogP contribution in [0, 0.1) is 0 Å². The Bertz CT molecular complexity index is 2250. The van der Waals surface area contributed by atoms with Gasteiger partial charge < -0.3 is 15.8 Å². The molecule has 0 saturated heterocycles. The molecule has 0 fully saturated rings. The summed E-state index contributed by atoms with van der Waals surface area (Å²) < 4.78 is 9.97. The van der Waals surface area contributed by atoms with Gasteiger partial charge >= 0.3 is 0 Å². The fraction of sp³-hybridized carbons (Fsp3) is 0.143. The molecule has 5 aromatic heterocycles. The number of benzene rings is 2. The van der Waals surface area contributed by atoms with Crippen LogP contribution in [0.4, 0.5) is 17.6 Å². The molecule has 0 radical (unpaired) electrons. The van der Waals surface area contributed by atoms with Crippen molar-refractivity contribution in [3.63, 3.8) is 0 Å². The van der Waals surface area contributed by atoms with Gasteiger partial charge in [-0.25, -0.2) is 19.9 Å². The van der Waals surface area contributed by atoms with Gasteiger partial charge in [0.2, 0.25) is 11.9 Å². The number of halogens is 2. The molecule has 49 heavy (non-hydrogen) atoms. The van der Waals surface area contributed by atoms with Crippen LogP contribution in [-0.2, 0) is 20.5 Å². The molecule has 0 aliphatic carbocycles. The van der Waals surface area contributed by atoms with Gasteiger partial charge in [-0.1, -0.05) is 60.5 Å². The van der Waals surface area contributed by atoms with Gasteiger partial charge in [0.1, 0.15) is 33.2 Å². The Morgan fingerprint density at radius 3 is 2.37 bits per heavy atom. The number of nitrogens with zero attached hydrogens (tertiary/aromatic N) is 8. The van der Waals surface area contributed by atoms with Gasteiger partial charge in [-0.2, -0.15) is 10.2 Å². The normalized spacial score (nSPS) is 11.9. The molecule has 0 bridgehead atoms. The van der Waals surface area contributed by atoms with E-state index in [0.29, 0.717) is 46.1 Å². The second kappa shape index (κ2) is 13.7. The van der Waals surface area contributed by atoms with Crippen LogP contribution >= 0.6 is 34.5 Å². The van der Waals surface area contributed by atoms with Crippen LogP contribution in [0.5, 0.6) is 11.5 Å². The van der Waals surface area contributed by atoms with Gasteiger partial charge in [0.15, 0.2) is 0 Å². The molecule has 246 valence electrons. The zero-order valence-corrected chi connectivity index (χ0v) is 29.0. The third-order valence-corrected chi connectivity index (χ3v) is 9.20. The summed E-state index contributed by atoms with van der Waals surface area (Å²) in [5.74, 6) is 1.88. The molecule has 0 spiro atoms. The number of aromatic nitrogens is 8. The quantitative estimate of drug-likeness (QED) is 0.135.